The van der Waals surface area contributed by atoms with Gasteiger partial charge in [-0.25, -0.2) is 0 Å². The van der Waals surface area contributed by atoms with Crippen LogP contribution in [0.3, 0.4) is 0 Å². The van der Waals surface area contributed by atoms with E-state index in [1.54, 1.807) is 36.4 Å². The van der Waals surface area contributed by atoms with Crippen molar-refractivity contribution in [3.8, 4) is 17.2 Å². The maximum atomic E-state index is 13.3. The summed E-state index contributed by atoms with van der Waals surface area (Å²) >= 11 is 0. The fraction of sp³-hybridized carbons (Fsp3) is 0.0952. The van der Waals surface area contributed by atoms with Crippen molar-refractivity contribution in [2.75, 3.05) is 0 Å². The minimum absolute atomic E-state index is 0.267. The van der Waals surface area contributed by atoms with Gasteiger partial charge in [0.05, 0.1) is 0 Å². The number of phosphoric ester groups is 1. The molecule has 6 heteroatoms. The highest BCUT2D eigenvalue weighted by Gasteiger charge is 2.33. The molecule has 0 aliphatic carbocycles. The summed E-state index contributed by atoms with van der Waals surface area (Å²) in [4.78, 5) is 10.8. The second-order valence-electron chi connectivity index (χ2n) is 6.03. The molecule has 0 unspecified atom stereocenters. The topological polar surface area (TPSA) is 61.8 Å². The van der Waals surface area contributed by atoms with E-state index >= 15 is 0 Å². The van der Waals surface area contributed by atoms with E-state index in [1.165, 1.54) is 12.1 Å². The molecule has 0 radical (unpaired) electrons. The van der Waals surface area contributed by atoms with Crippen molar-refractivity contribution in [1.29, 1.82) is 0 Å². The number of phosphoric acid groups is 1. The Bertz CT molecular complexity index is 896. The van der Waals surface area contributed by atoms with Gasteiger partial charge in [-0.05, 0) is 62.4 Å². The van der Waals surface area contributed by atoms with Crippen molar-refractivity contribution in [3.05, 3.63) is 89.5 Å². The fourth-order valence-electron chi connectivity index (χ4n) is 2.25. The molecule has 5 nitrogen and oxygen atoms in total. The molecule has 0 amide bonds. The molecule has 0 aliphatic rings. The van der Waals surface area contributed by atoms with Crippen molar-refractivity contribution in [2.24, 2.45) is 0 Å². The maximum Gasteiger partial charge on any atom is 0.647 e. The lowest BCUT2D eigenvalue weighted by molar-refractivity contribution is 0.112. The van der Waals surface area contributed by atoms with Crippen LogP contribution in [0, 0.1) is 13.8 Å². The zero-order valence-corrected chi connectivity index (χ0v) is 15.9. The summed E-state index contributed by atoms with van der Waals surface area (Å²) in [5.74, 6) is 0.990. The van der Waals surface area contributed by atoms with Gasteiger partial charge in [-0.2, -0.15) is 4.57 Å². The van der Waals surface area contributed by atoms with Crippen LogP contribution in [0.5, 0.6) is 17.2 Å². The standard InChI is InChI=1S/C21H19O5P/c1-16-3-9-19(10-4-16)24-27(23,25-20-11-5-17(2)6-12-20)26-21-13-7-18(15-22)8-14-21/h3-15H,1-2H3. The van der Waals surface area contributed by atoms with Gasteiger partial charge in [0.15, 0.2) is 0 Å². The van der Waals surface area contributed by atoms with E-state index in [2.05, 4.69) is 0 Å². The summed E-state index contributed by atoms with van der Waals surface area (Å²) in [7, 11) is -4.03. The molecule has 0 fully saturated rings. The number of rotatable bonds is 7. The Hall–Kier alpha value is -3.04. The van der Waals surface area contributed by atoms with Gasteiger partial charge in [0.25, 0.3) is 0 Å². The number of hydrogen-bond acceptors (Lipinski definition) is 5. The summed E-state index contributed by atoms with van der Waals surface area (Å²) < 4.78 is 30.1. The second kappa shape index (κ2) is 8.11. The summed E-state index contributed by atoms with van der Waals surface area (Å²) in [6.07, 6.45) is 0.717. The summed E-state index contributed by atoms with van der Waals surface area (Å²) in [6, 6.07) is 20.3. The molecule has 27 heavy (non-hydrogen) atoms. The van der Waals surface area contributed by atoms with Crippen molar-refractivity contribution < 1.29 is 22.9 Å². The lowest BCUT2D eigenvalue weighted by Gasteiger charge is -2.19. The Kier molecular flexibility index (Phi) is 5.63. The first kappa shape index (κ1) is 18.7. The van der Waals surface area contributed by atoms with Crippen molar-refractivity contribution in [3.63, 3.8) is 0 Å². The molecule has 138 valence electrons. The van der Waals surface area contributed by atoms with Crippen LogP contribution in [0.2, 0.25) is 0 Å². The smallest absolute Gasteiger partial charge is 0.386 e. The molecule has 3 aromatic carbocycles. The van der Waals surface area contributed by atoms with Gasteiger partial charge in [0, 0.05) is 5.56 Å². The predicted octanol–water partition coefficient (Wildman–Crippen LogP) is 5.76. The Morgan fingerprint density at radius 2 is 0.963 bits per heavy atom. The number of aldehydes is 1. The van der Waals surface area contributed by atoms with E-state index in [1.807, 2.05) is 38.1 Å². The predicted molar refractivity (Wildman–Crippen MR) is 104 cm³/mol. The van der Waals surface area contributed by atoms with Gasteiger partial charge in [0.2, 0.25) is 0 Å². The molecule has 0 aliphatic heterocycles. The van der Waals surface area contributed by atoms with Gasteiger partial charge < -0.3 is 13.6 Å². The molecule has 0 atom stereocenters. The molecular formula is C21H19O5P. The second-order valence-corrected chi connectivity index (χ2v) is 7.48. The molecule has 3 rings (SSSR count). The number of benzene rings is 3. The number of aryl methyl sites for hydroxylation is 2. The van der Waals surface area contributed by atoms with E-state index in [0.717, 1.165) is 17.4 Å². The quantitative estimate of drug-likeness (QED) is 0.384. The van der Waals surface area contributed by atoms with Crippen molar-refractivity contribution in [1.82, 2.24) is 0 Å². The summed E-state index contributed by atoms with van der Waals surface area (Å²) in [5.41, 5.74) is 2.57. The summed E-state index contributed by atoms with van der Waals surface area (Å²) in [5, 5.41) is 0. The highest BCUT2D eigenvalue weighted by Crippen LogP contribution is 2.49. The van der Waals surface area contributed by atoms with E-state index < -0.39 is 7.82 Å². The largest absolute Gasteiger partial charge is 0.647 e. The molecule has 0 aromatic heterocycles. The SMILES string of the molecule is Cc1ccc(OP(=O)(Oc2ccc(C)cc2)Oc2ccc(C=O)cc2)cc1. The van der Waals surface area contributed by atoms with Gasteiger partial charge >= 0.3 is 7.82 Å². The number of carbonyl (C=O) groups excluding carboxylic acids is 1. The minimum Gasteiger partial charge on any atom is -0.386 e. The third-order valence-corrected chi connectivity index (χ3v) is 5.01. The molecule has 0 spiro atoms. The maximum absolute atomic E-state index is 13.3. The van der Waals surface area contributed by atoms with Gasteiger partial charge in [-0.15, -0.1) is 0 Å². The van der Waals surface area contributed by atoms with Crippen LogP contribution in [-0.2, 0) is 4.57 Å². The fourth-order valence-corrected chi connectivity index (χ4v) is 3.50. The van der Waals surface area contributed by atoms with Crippen LogP contribution >= 0.6 is 7.82 Å². The van der Waals surface area contributed by atoms with Crippen LogP contribution in [0.15, 0.2) is 72.8 Å². The van der Waals surface area contributed by atoms with Crippen LogP contribution in [0.1, 0.15) is 21.5 Å². The van der Waals surface area contributed by atoms with E-state index in [4.69, 9.17) is 13.6 Å². The van der Waals surface area contributed by atoms with Crippen molar-refractivity contribution >= 4 is 14.1 Å². The Morgan fingerprint density at radius 3 is 1.30 bits per heavy atom. The molecule has 0 N–H and O–H groups in total. The van der Waals surface area contributed by atoms with E-state index in [9.17, 15) is 9.36 Å². The lowest BCUT2D eigenvalue weighted by atomic mass is 10.2. The summed E-state index contributed by atoms with van der Waals surface area (Å²) in [6.45, 7) is 3.88. The molecule has 0 saturated heterocycles. The first-order valence-electron chi connectivity index (χ1n) is 8.33. The van der Waals surface area contributed by atoms with Crippen LogP contribution in [-0.4, -0.2) is 6.29 Å². The minimum atomic E-state index is -4.03. The van der Waals surface area contributed by atoms with Gasteiger partial charge in [-0.1, -0.05) is 35.4 Å². The van der Waals surface area contributed by atoms with Crippen LogP contribution < -0.4 is 13.6 Å². The monoisotopic (exact) mass is 382 g/mol. The molecule has 0 saturated carbocycles. The average Bonchev–Trinajstić information content (AvgIpc) is 2.66. The van der Waals surface area contributed by atoms with E-state index in [0.29, 0.717) is 17.1 Å². The third-order valence-electron chi connectivity index (χ3n) is 3.71. The van der Waals surface area contributed by atoms with Crippen molar-refractivity contribution in [2.45, 2.75) is 13.8 Å². The van der Waals surface area contributed by atoms with Gasteiger partial charge in [-0.3, -0.25) is 4.79 Å². The Morgan fingerprint density at radius 1 is 0.630 bits per heavy atom. The van der Waals surface area contributed by atoms with Crippen LogP contribution in [0.4, 0.5) is 0 Å². The highest BCUT2D eigenvalue weighted by molar-refractivity contribution is 7.49. The normalized spacial score (nSPS) is 10.9. The average molecular weight is 382 g/mol. The Balaban J connectivity index is 1.88. The first-order chi connectivity index (χ1) is 13.0. The lowest BCUT2D eigenvalue weighted by Crippen LogP contribution is -2.07. The van der Waals surface area contributed by atoms with E-state index in [-0.39, 0.29) is 5.75 Å². The first-order valence-corrected chi connectivity index (χ1v) is 9.79. The van der Waals surface area contributed by atoms with Gasteiger partial charge in [0.1, 0.15) is 23.5 Å². The molecule has 0 heterocycles. The molecular weight excluding hydrogens is 363 g/mol. The molecule has 0 bridgehead atoms. The molecule has 3 aromatic rings. The van der Waals surface area contributed by atoms with Crippen LogP contribution in [0.25, 0.3) is 0 Å². The third kappa shape index (κ3) is 5.22. The Labute approximate surface area is 158 Å². The number of carbonyl (C=O) groups is 1. The number of hydrogen-bond donors (Lipinski definition) is 0. The zero-order chi connectivity index (χ0) is 19.3. The highest BCUT2D eigenvalue weighted by atomic mass is 31.2. The zero-order valence-electron chi connectivity index (χ0n) is 15.0.